The predicted molar refractivity (Wildman–Crippen MR) is 121 cm³/mol. The van der Waals surface area contributed by atoms with Gasteiger partial charge >= 0.3 is 12.3 Å². The number of hydrogen-bond acceptors (Lipinski definition) is 5. The number of nitrogens with zero attached hydrogens (tertiary/aromatic N) is 1. The maximum atomic E-state index is 14.0. The molecule has 13 heteroatoms. The van der Waals surface area contributed by atoms with Crippen LogP contribution in [0.1, 0.15) is 37.7 Å². The minimum atomic E-state index is -4.96. The van der Waals surface area contributed by atoms with E-state index in [4.69, 9.17) is 15.1 Å². The van der Waals surface area contributed by atoms with Gasteiger partial charge in [0.1, 0.15) is 17.2 Å². The van der Waals surface area contributed by atoms with E-state index >= 15 is 0 Å². The van der Waals surface area contributed by atoms with E-state index in [2.05, 4.69) is 5.32 Å². The Morgan fingerprint density at radius 3 is 2.30 bits per heavy atom. The number of carboxylic acid groups (broad SMARTS) is 1. The Labute approximate surface area is 209 Å². The van der Waals surface area contributed by atoms with Crippen molar-refractivity contribution in [2.24, 2.45) is 0 Å². The molecule has 37 heavy (non-hydrogen) atoms. The summed E-state index contributed by atoms with van der Waals surface area (Å²) >= 11 is 0. The standard InChI is InChI=1S/C19H17F5O3S.C5H6N2O2/c1-27-13-4-5-14(10-13)28(25,26)18-7-2-11(8-16(18)19(22,23)24)15-6-3-12(20)9-17(15)21;6-3-5(1-2-5)7-4(8)9/h2-3,6-9,13-14H,4-5,10H2,1H3;7H,1-2H2,(H,8,9)/t13-,14-;/m1./s1. The average Bonchev–Trinajstić information content (AvgIpc) is 3.40. The molecule has 200 valence electrons. The molecule has 2 aliphatic rings. The van der Waals surface area contributed by atoms with Crippen molar-refractivity contribution in [2.75, 3.05) is 7.11 Å². The highest BCUT2D eigenvalue weighted by atomic mass is 32.2. The van der Waals surface area contributed by atoms with Crippen LogP contribution < -0.4 is 5.32 Å². The van der Waals surface area contributed by atoms with Crippen molar-refractivity contribution in [3.05, 3.63) is 53.6 Å². The minimum Gasteiger partial charge on any atom is -0.465 e. The van der Waals surface area contributed by atoms with Crippen LogP contribution in [-0.2, 0) is 20.8 Å². The molecule has 0 aliphatic heterocycles. The predicted octanol–water partition coefficient (Wildman–Crippen LogP) is 5.30. The number of halogens is 5. The highest BCUT2D eigenvalue weighted by molar-refractivity contribution is 7.92. The van der Waals surface area contributed by atoms with Gasteiger partial charge in [-0.2, -0.15) is 18.4 Å². The first kappa shape index (κ1) is 28.3. The summed E-state index contributed by atoms with van der Waals surface area (Å²) < 4.78 is 98.7. The second kappa shape index (κ2) is 10.6. The molecule has 2 fully saturated rings. The van der Waals surface area contributed by atoms with Crippen LogP contribution in [0.15, 0.2) is 41.3 Å². The zero-order chi connectivity index (χ0) is 27.6. The van der Waals surface area contributed by atoms with Crippen molar-refractivity contribution in [1.82, 2.24) is 5.32 Å². The van der Waals surface area contributed by atoms with Gasteiger partial charge in [0, 0.05) is 18.7 Å². The normalized spacial score (nSPS) is 20.4. The van der Waals surface area contributed by atoms with E-state index in [1.165, 1.54) is 7.11 Å². The van der Waals surface area contributed by atoms with Crippen LogP contribution in [0.4, 0.5) is 26.7 Å². The summed E-state index contributed by atoms with van der Waals surface area (Å²) in [6, 6.07) is 6.90. The lowest BCUT2D eigenvalue weighted by Gasteiger charge is -2.18. The third-order valence-corrected chi connectivity index (χ3v) is 8.53. The molecule has 0 saturated heterocycles. The molecule has 0 aromatic heterocycles. The minimum absolute atomic E-state index is 0.116. The summed E-state index contributed by atoms with van der Waals surface area (Å²) in [7, 11) is -2.84. The molecule has 0 spiro atoms. The van der Waals surface area contributed by atoms with Gasteiger partial charge in [0.15, 0.2) is 9.84 Å². The Bertz CT molecular complexity index is 1320. The highest BCUT2D eigenvalue weighted by Crippen LogP contribution is 2.41. The van der Waals surface area contributed by atoms with Gasteiger partial charge in [0.05, 0.1) is 27.9 Å². The van der Waals surface area contributed by atoms with Gasteiger partial charge in [-0.05, 0) is 61.9 Å². The van der Waals surface area contributed by atoms with Crippen molar-refractivity contribution in [3.63, 3.8) is 0 Å². The molecule has 2 N–H and O–H groups in total. The number of methoxy groups -OCH3 is 1. The number of sulfone groups is 1. The van der Waals surface area contributed by atoms with E-state index < -0.39 is 55.0 Å². The lowest BCUT2D eigenvalue weighted by Crippen LogP contribution is -2.33. The van der Waals surface area contributed by atoms with Crippen molar-refractivity contribution in [1.29, 1.82) is 5.26 Å². The van der Waals surface area contributed by atoms with Gasteiger partial charge in [-0.15, -0.1) is 0 Å². The number of hydrogen-bond donors (Lipinski definition) is 2. The number of nitriles is 1. The summed E-state index contributed by atoms with van der Waals surface area (Å²) in [6.07, 6.45) is -4.34. The maximum Gasteiger partial charge on any atom is 0.417 e. The Morgan fingerprint density at radius 1 is 1.16 bits per heavy atom. The van der Waals surface area contributed by atoms with Crippen LogP contribution in [0, 0.1) is 23.0 Å². The molecule has 2 atom stereocenters. The smallest absolute Gasteiger partial charge is 0.417 e. The van der Waals surface area contributed by atoms with Crippen LogP contribution in [0.25, 0.3) is 11.1 Å². The van der Waals surface area contributed by atoms with Crippen LogP contribution in [-0.4, -0.2) is 43.6 Å². The molecule has 2 saturated carbocycles. The van der Waals surface area contributed by atoms with Gasteiger partial charge in [-0.3, -0.25) is 0 Å². The number of carbonyl (C=O) groups is 1. The number of ether oxygens (including phenoxy) is 1. The highest BCUT2D eigenvalue weighted by Gasteiger charge is 2.45. The molecular formula is C24H23F5N2O5S. The van der Waals surface area contributed by atoms with Gasteiger partial charge < -0.3 is 15.2 Å². The fourth-order valence-corrected chi connectivity index (χ4v) is 6.07. The lowest BCUT2D eigenvalue weighted by molar-refractivity contribution is -0.139. The second-order valence-electron chi connectivity index (χ2n) is 8.79. The molecule has 2 aromatic rings. The van der Waals surface area contributed by atoms with E-state index in [0.717, 1.165) is 24.3 Å². The van der Waals surface area contributed by atoms with Crippen molar-refractivity contribution in [2.45, 2.75) is 60.1 Å². The molecule has 2 aromatic carbocycles. The molecule has 0 unspecified atom stereocenters. The summed E-state index contributed by atoms with van der Waals surface area (Å²) in [5.74, 6) is -1.91. The van der Waals surface area contributed by atoms with E-state index in [0.29, 0.717) is 31.4 Å². The van der Waals surface area contributed by atoms with Crippen LogP contribution in [0.3, 0.4) is 0 Å². The van der Waals surface area contributed by atoms with E-state index in [9.17, 15) is 35.2 Å². The van der Waals surface area contributed by atoms with Crippen molar-refractivity contribution < 1.29 is 45.0 Å². The van der Waals surface area contributed by atoms with Crippen LogP contribution in [0.2, 0.25) is 0 Å². The van der Waals surface area contributed by atoms with Crippen LogP contribution >= 0.6 is 0 Å². The molecule has 0 radical (unpaired) electrons. The van der Waals surface area contributed by atoms with E-state index in [1.807, 2.05) is 6.07 Å². The monoisotopic (exact) mass is 546 g/mol. The van der Waals surface area contributed by atoms with E-state index in [1.54, 1.807) is 0 Å². The van der Waals surface area contributed by atoms with Crippen molar-refractivity contribution in [3.8, 4) is 17.2 Å². The van der Waals surface area contributed by atoms with E-state index in [-0.39, 0.29) is 30.1 Å². The van der Waals surface area contributed by atoms with Gasteiger partial charge in [-0.25, -0.2) is 22.0 Å². The molecule has 7 nitrogen and oxygen atoms in total. The first-order valence-electron chi connectivity index (χ1n) is 11.1. The van der Waals surface area contributed by atoms with Gasteiger partial charge in [0.25, 0.3) is 0 Å². The number of nitrogens with one attached hydrogen (secondary N) is 1. The summed E-state index contributed by atoms with van der Waals surface area (Å²) in [5, 5.41) is 17.6. The Morgan fingerprint density at radius 2 is 1.84 bits per heavy atom. The first-order valence-corrected chi connectivity index (χ1v) is 12.6. The van der Waals surface area contributed by atoms with Gasteiger partial charge in [0.2, 0.25) is 0 Å². The fourth-order valence-electron chi connectivity index (χ4n) is 4.06. The van der Waals surface area contributed by atoms with Gasteiger partial charge in [-0.1, -0.05) is 6.07 Å². The number of benzene rings is 2. The number of alkyl halides is 3. The molecule has 0 bridgehead atoms. The zero-order valence-electron chi connectivity index (χ0n) is 19.5. The zero-order valence-corrected chi connectivity index (χ0v) is 20.3. The Balaban J connectivity index is 0.000000356. The fraction of sp³-hybridized carbons (Fsp3) is 0.417. The summed E-state index contributed by atoms with van der Waals surface area (Å²) in [4.78, 5) is 9.11. The lowest BCUT2D eigenvalue weighted by atomic mass is 10.0. The summed E-state index contributed by atoms with van der Waals surface area (Å²) in [6.45, 7) is 0. The Hall–Kier alpha value is -3.24. The molecule has 0 heterocycles. The maximum absolute atomic E-state index is 14.0. The molecule has 2 aliphatic carbocycles. The molecule has 4 rings (SSSR count). The Kier molecular flexibility index (Phi) is 8.14. The van der Waals surface area contributed by atoms with Crippen LogP contribution in [0.5, 0.6) is 0 Å². The third kappa shape index (κ3) is 6.56. The molecule has 1 amide bonds. The largest absolute Gasteiger partial charge is 0.465 e. The average molecular weight is 547 g/mol. The van der Waals surface area contributed by atoms with Crippen molar-refractivity contribution >= 4 is 15.9 Å². The second-order valence-corrected chi connectivity index (χ2v) is 11.0. The topological polar surface area (TPSA) is 116 Å². The summed E-state index contributed by atoms with van der Waals surface area (Å²) in [5.41, 5.74) is -2.54. The number of rotatable bonds is 5. The SMILES string of the molecule is CO[C@@H]1CC[C@@H](S(=O)(=O)c2ccc(-c3ccc(F)cc3F)cc2C(F)(F)F)C1.N#CC1(NC(=O)O)CC1. The molecular weight excluding hydrogens is 523 g/mol. The first-order chi connectivity index (χ1) is 17.2. The third-order valence-electron chi connectivity index (χ3n) is 6.25. The quantitative estimate of drug-likeness (QED) is 0.492. The number of amides is 1.